The van der Waals surface area contributed by atoms with E-state index >= 15 is 0 Å². The number of phenols is 1. The highest BCUT2D eigenvalue weighted by Crippen LogP contribution is 2.42. The summed E-state index contributed by atoms with van der Waals surface area (Å²) >= 11 is 0. The van der Waals surface area contributed by atoms with Crippen molar-refractivity contribution in [2.45, 2.75) is 65.8 Å². The first kappa shape index (κ1) is 23.6. The molecule has 1 N–H and O–H groups in total. The molecule has 3 aromatic rings. The number of nitrogens with zero attached hydrogens (tertiary/aromatic N) is 3. The van der Waals surface area contributed by atoms with E-state index in [2.05, 4.69) is 46.5 Å². The zero-order valence-corrected chi connectivity index (χ0v) is 20.0. The van der Waals surface area contributed by atoms with Gasteiger partial charge in [0.1, 0.15) is 18.1 Å². The highest BCUT2D eigenvalue weighted by Gasteiger charge is 2.28. The Balaban J connectivity index is 2.11. The number of phenolic OH excluding ortho intramolecular Hbond substituents is 1. The Labute approximate surface area is 189 Å². The van der Waals surface area contributed by atoms with Gasteiger partial charge in [0.15, 0.2) is 5.65 Å². The van der Waals surface area contributed by atoms with Crippen molar-refractivity contribution in [1.29, 1.82) is 0 Å². The summed E-state index contributed by atoms with van der Waals surface area (Å²) in [5.74, 6) is 0.332. The summed E-state index contributed by atoms with van der Waals surface area (Å²) in [4.78, 5) is 16.0. The topological polar surface area (TPSA) is 86.5 Å². The van der Waals surface area contributed by atoms with Crippen LogP contribution in [0.4, 0.5) is 4.79 Å². The largest absolute Gasteiger partial charge is 0.508 e. The van der Waals surface area contributed by atoms with Gasteiger partial charge in [-0.3, -0.25) is 0 Å². The molecule has 32 heavy (non-hydrogen) atoms. The van der Waals surface area contributed by atoms with Crippen LogP contribution in [0.15, 0.2) is 30.5 Å². The quantitative estimate of drug-likeness (QED) is 0.523. The van der Waals surface area contributed by atoms with Crippen LogP contribution < -0.4 is 0 Å². The molecule has 2 aromatic heterocycles. The minimum absolute atomic E-state index is 0.127. The molecule has 172 valence electrons. The van der Waals surface area contributed by atoms with E-state index in [1.165, 1.54) is 0 Å². The Morgan fingerprint density at radius 1 is 1.06 bits per heavy atom. The van der Waals surface area contributed by atoms with Crippen LogP contribution in [-0.2, 0) is 26.8 Å². The summed E-state index contributed by atoms with van der Waals surface area (Å²) in [6, 6.07) is 7.88. The first-order chi connectivity index (χ1) is 14.9. The Morgan fingerprint density at radius 3 is 2.25 bits per heavy atom. The Morgan fingerprint density at radius 2 is 1.69 bits per heavy atom. The van der Waals surface area contributed by atoms with Crippen molar-refractivity contribution in [3.8, 4) is 17.0 Å². The molecule has 0 aliphatic carbocycles. The first-order valence-corrected chi connectivity index (χ1v) is 10.9. The lowest BCUT2D eigenvalue weighted by Gasteiger charge is -2.28. The molecular formula is C25H33N3O4. The van der Waals surface area contributed by atoms with Crippen molar-refractivity contribution < 1.29 is 19.4 Å². The molecule has 0 saturated carbocycles. The molecule has 7 heteroatoms. The summed E-state index contributed by atoms with van der Waals surface area (Å²) in [5, 5.41) is 16.8. The number of benzene rings is 1. The van der Waals surface area contributed by atoms with Crippen molar-refractivity contribution in [3.63, 3.8) is 0 Å². The van der Waals surface area contributed by atoms with E-state index in [0.29, 0.717) is 17.9 Å². The second-order valence-corrected chi connectivity index (χ2v) is 9.90. The normalized spacial score (nSPS) is 12.2. The fourth-order valence-corrected chi connectivity index (χ4v) is 3.67. The number of hydrogen-bond acceptors (Lipinski definition) is 6. The van der Waals surface area contributed by atoms with Crippen LogP contribution in [0.25, 0.3) is 22.3 Å². The number of carbonyl (C=O) groups is 1. The van der Waals surface area contributed by atoms with Crippen molar-refractivity contribution >= 4 is 17.2 Å². The number of rotatable bonds is 5. The lowest BCUT2D eigenvalue weighted by Crippen LogP contribution is -2.17. The standard InChI is InChI=1S/C25H33N3O4/c1-8-31-23(30)32-13-12-28-22-17(10-9-11-26-22)20(27-28)16-14-18(24(2,3)4)21(29)19(15-16)25(5,6)7/h9-11,14-15,29H,8,12-13H2,1-7H3. The van der Waals surface area contributed by atoms with Crippen LogP contribution in [0.5, 0.6) is 5.75 Å². The van der Waals surface area contributed by atoms with Gasteiger partial charge in [0.05, 0.1) is 13.2 Å². The van der Waals surface area contributed by atoms with Crippen LogP contribution in [0.2, 0.25) is 0 Å². The zero-order chi connectivity index (χ0) is 23.7. The smallest absolute Gasteiger partial charge is 0.507 e. The molecule has 1 aromatic carbocycles. The van der Waals surface area contributed by atoms with Gasteiger partial charge in [0.2, 0.25) is 0 Å². The maximum absolute atomic E-state index is 11.5. The van der Waals surface area contributed by atoms with Gasteiger partial charge in [-0.05, 0) is 42.0 Å². The van der Waals surface area contributed by atoms with Crippen LogP contribution in [0.1, 0.15) is 59.6 Å². The monoisotopic (exact) mass is 439 g/mol. The minimum Gasteiger partial charge on any atom is -0.507 e. The predicted molar refractivity (Wildman–Crippen MR) is 125 cm³/mol. The molecule has 0 amide bonds. The van der Waals surface area contributed by atoms with Gasteiger partial charge in [-0.2, -0.15) is 5.10 Å². The highest BCUT2D eigenvalue weighted by molar-refractivity contribution is 5.91. The Bertz CT molecular complexity index is 1090. The third-order valence-electron chi connectivity index (χ3n) is 5.29. The summed E-state index contributed by atoms with van der Waals surface area (Å²) < 4.78 is 11.7. The molecule has 0 fully saturated rings. The minimum atomic E-state index is -0.694. The Hall–Kier alpha value is -3.09. The second-order valence-electron chi connectivity index (χ2n) is 9.90. The van der Waals surface area contributed by atoms with Crippen molar-refractivity contribution in [1.82, 2.24) is 14.8 Å². The van der Waals surface area contributed by atoms with E-state index < -0.39 is 6.16 Å². The van der Waals surface area contributed by atoms with E-state index in [0.717, 1.165) is 27.8 Å². The van der Waals surface area contributed by atoms with Crippen LogP contribution in [-0.4, -0.2) is 39.2 Å². The molecule has 0 spiro atoms. The zero-order valence-electron chi connectivity index (χ0n) is 20.0. The van der Waals surface area contributed by atoms with Gasteiger partial charge in [-0.15, -0.1) is 0 Å². The molecule has 0 bridgehead atoms. The second kappa shape index (κ2) is 8.81. The maximum atomic E-state index is 11.5. The van der Waals surface area contributed by atoms with Crippen molar-refractivity contribution in [2.24, 2.45) is 0 Å². The fraction of sp³-hybridized carbons (Fsp3) is 0.480. The fourth-order valence-electron chi connectivity index (χ4n) is 3.67. The third-order valence-corrected chi connectivity index (χ3v) is 5.29. The molecule has 0 atom stereocenters. The van der Waals surface area contributed by atoms with Crippen molar-refractivity contribution in [3.05, 3.63) is 41.6 Å². The number of ether oxygens (including phenoxy) is 2. The van der Waals surface area contributed by atoms with Gasteiger partial charge in [0, 0.05) is 28.3 Å². The molecule has 3 rings (SSSR count). The molecule has 0 radical (unpaired) electrons. The van der Waals surface area contributed by atoms with Crippen molar-refractivity contribution in [2.75, 3.05) is 13.2 Å². The molecule has 0 unspecified atom stereocenters. The van der Waals surface area contributed by atoms with Gasteiger partial charge in [-0.1, -0.05) is 41.5 Å². The Kier molecular flexibility index (Phi) is 6.49. The number of aromatic hydroxyl groups is 1. The van der Waals surface area contributed by atoms with Gasteiger partial charge in [-0.25, -0.2) is 14.5 Å². The van der Waals surface area contributed by atoms with E-state index in [9.17, 15) is 9.90 Å². The van der Waals surface area contributed by atoms with E-state index in [-0.39, 0.29) is 24.0 Å². The number of carbonyl (C=O) groups excluding carboxylic acids is 1. The molecule has 0 aliphatic rings. The molecular weight excluding hydrogens is 406 g/mol. The summed E-state index contributed by atoms with van der Waals surface area (Å²) in [6.45, 7) is 15.0. The molecule has 0 saturated heterocycles. The summed E-state index contributed by atoms with van der Waals surface area (Å²) in [5.41, 5.74) is 3.65. The van der Waals surface area contributed by atoms with Crippen LogP contribution in [0.3, 0.4) is 0 Å². The molecule has 2 heterocycles. The number of hydrogen-bond donors (Lipinski definition) is 1. The van der Waals surface area contributed by atoms with E-state index in [1.807, 2.05) is 24.3 Å². The summed E-state index contributed by atoms with van der Waals surface area (Å²) in [7, 11) is 0. The lowest BCUT2D eigenvalue weighted by molar-refractivity contribution is 0.0563. The highest BCUT2D eigenvalue weighted by atomic mass is 16.7. The maximum Gasteiger partial charge on any atom is 0.508 e. The number of aromatic nitrogens is 3. The van der Waals surface area contributed by atoms with Crippen LogP contribution >= 0.6 is 0 Å². The van der Waals surface area contributed by atoms with Gasteiger partial charge in [0.25, 0.3) is 0 Å². The number of pyridine rings is 1. The first-order valence-electron chi connectivity index (χ1n) is 10.9. The van der Waals surface area contributed by atoms with E-state index in [4.69, 9.17) is 14.6 Å². The van der Waals surface area contributed by atoms with E-state index in [1.54, 1.807) is 17.8 Å². The average Bonchev–Trinajstić information content (AvgIpc) is 3.05. The lowest BCUT2D eigenvalue weighted by atomic mass is 9.78. The molecule has 7 nitrogen and oxygen atoms in total. The van der Waals surface area contributed by atoms with Gasteiger partial charge < -0.3 is 14.6 Å². The third kappa shape index (κ3) is 4.87. The average molecular weight is 440 g/mol. The summed E-state index contributed by atoms with van der Waals surface area (Å²) in [6.07, 6.45) is 1.02. The number of fused-ring (bicyclic) bond motifs is 1. The van der Waals surface area contributed by atoms with Crippen LogP contribution in [0, 0.1) is 0 Å². The molecule has 0 aliphatic heterocycles. The predicted octanol–water partition coefficient (Wildman–Crippen LogP) is 5.57. The van der Waals surface area contributed by atoms with Gasteiger partial charge >= 0.3 is 6.16 Å². The SMILES string of the molecule is CCOC(=O)OCCn1nc(-c2cc(C(C)(C)C)c(O)c(C(C)(C)C)c2)c2cccnc21.